The fourth-order valence-electron chi connectivity index (χ4n) is 2.87. The first-order valence-electron chi connectivity index (χ1n) is 6.81. The lowest BCUT2D eigenvalue weighted by Gasteiger charge is -2.17. The Kier molecular flexibility index (Phi) is 3.21. The van der Waals surface area contributed by atoms with Gasteiger partial charge in [0.15, 0.2) is 5.78 Å². The van der Waals surface area contributed by atoms with Crippen molar-refractivity contribution in [3.05, 3.63) is 38.2 Å². The molecule has 0 atom stereocenters. The minimum atomic E-state index is -0.517. The van der Waals surface area contributed by atoms with Gasteiger partial charge in [0.25, 0.3) is 5.56 Å². The van der Waals surface area contributed by atoms with E-state index >= 15 is 0 Å². The first-order valence-corrected chi connectivity index (χ1v) is 6.81. The van der Waals surface area contributed by atoms with E-state index in [9.17, 15) is 14.4 Å². The lowest BCUT2D eigenvalue weighted by Crippen LogP contribution is -2.40. The van der Waals surface area contributed by atoms with Crippen LogP contribution in [0.15, 0.2) is 15.8 Å². The van der Waals surface area contributed by atoms with E-state index in [0.717, 1.165) is 4.57 Å². The molecule has 1 aliphatic rings. The number of aromatic nitrogens is 3. The highest BCUT2D eigenvalue weighted by Gasteiger charge is 2.23. The van der Waals surface area contributed by atoms with Crippen LogP contribution in [-0.4, -0.2) is 31.6 Å². The topological polar surface area (TPSA) is 94.2 Å². The van der Waals surface area contributed by atoms with Gasteiger partial charge in [-0.1, -0.05) is 0 Å². The molecule has 0 saturated heterocycles. The van der Waals surface area contributed by atoms with Crippen molar-refractivity contribution in [3.63, 3.8) is 0 Å². The summed E-state index contributed by atoms with van der Waals surface area (Å²) in [5.41, 5.74) is 0.425. The maximum Gasteiger partial charge on any atom is 0.332 e. The third-order valence-electron chi connectivity index (χ3n) is 3.92. The molecule has 0 fully saturated rings. The number of Topliss-reactive ketones (excluding diaryl/α,β-unsaturated/α-hetero) is 1. The number of carbonyl (C=O) groups is 1. The molecule has 0 amide bonds. The van der Waals surface area contributed by atoms with Crippen LogP contribution >= 0.6 is 0 Å². The molecule has 1 N–H and O–H groups in total. The number of fused-ring (bicyclic) bond motifs is 3. The van der Waals surface area contributed by atoms with E-state index in [1.807, 2.05) is 0 Å². The molecule has 110 valence electrons. The molecule has 0 bridgehead atoms. The Morgan fingerprint density at radius 1 is 1.29 bits per heavy atom. The number of pyridine rings is 1. The standard InChI is InChI=1S/C14H15N3O4/c1-16-12-11(13(20)17(5-6-18)14(16)21)8-3-2-4-10(19)9(8)7-15-12/h7,18H,2-6H2,1H3. The highest BCUT2D eigenvalue weighted by atomic mass is 16.3. The van der Waals surface area contributed by atoms with Crippen LogP contribution in [0.2, 0.25) is 0 Å². The summed E-state index contributed by atoms with van der Waals surface area (Å²) >= 11 is 0. The molecule has 0 spiro atoms. The third kappa shape index (κ3) is 1.92. The van der Waals surface area contributed by atoms with Crippen molar-refractivity contribution in [1.82, 2.24) is 14.1 Å². The van der Waals surface area contributed by atoms with Gasteiger partial charge in [-0.2, -0.15) is 0 Å². The number of ketones is 1. The normalized spacial score (nSPS) is 14.5. The number of carbonyl (C=O) groups excluding carboxylic acids is 1. The highest BCUT2D eigenvalue weighted by molar-refractivity contribution is 6.01. The zero-order valence-electron chi connectivity index (χ0n) is 11.6. The number of nitrogens with zero attached hydrogens (tertiary/aromatic N) is 3. The molecule has 1 aliphatic carbocycles. The third-order valence-corrected chi connectivity index (χ3v) is 3.92. The van der Waals surface area contributed by atoms with Gasteiger partial charge in [0.2, 0.25) is 0 Å². The zero-order chi connectivity index (χ0) is 15.1. The smallest absolute Gasteiger partial charge is 0.332 e. The second kappa shape index (κ2) is 4.92. The fourth-order valence-corrected chi connectivity index (χ4v) is 2.87. The average molecular weight is 289 g/mol. The second-order valence-corrected chi connectivity index (χ2v) is 5.15. The summed E-state index contributed by atoms with van der Waals surface area (Å²) < 4.78 is 2.27. The van der Waals surface area contributed by atoms with E-state index in [0.29, 0.717) is 35.8 Å². The number of aliphatic hydroxyl groups excluding tert-OH is 1. The highest BCUT2D eigenvalue weighted by Crippen LogP contribution is 2.24. The van der Waals surface area contributed by atoms with E-state index in [1.165, 1.54) is 17.8 Å². The van der Waals surface area contributed by atoms with Gasteiger partial charge in [-0.25, -0.2) is 9.78 Å². The van der Waals surface area contributed by atoms with Crippen molar-refractivity contribution in [3.8, 4) is 0 Å². The number of aryl methyl sites for hydroxylation is 2. The van der Waals surface area contributed by atoms with Gasteiger partial charge in [0.05, 0.1) is 18.5 Å². The predicted molar refractivity (Wildman–Crippen MR) is 75.6 cm³/mol. The Balaban J connectivity index is 2.49. The predicted octanol–water partition coefficient (Wildman–Crippen LogP) is -0.394. The Labute approximate surface area is 119 Å². The van der Waals surface area contributed by atoms with Crippen molar-refractivity contribution < 1.29 is 9.90 Å². The van der Waals surface area contributed by atoms with Crippen LogP contribution < -0.4 is 11.2 Å². The van der Waals surface area contributed by atoms with Crippen molar-refractivity contribution in [1.29, 1.82) is 0 Å². The maximum absolute atomic E-state index is 12.6. The molecule has 0 aliphatic heterocycles. The molecule has 2 aromatic heterocycles. The van der Waals surface area contributed by atoms with Gasteiger partial charge in [-0.3, -0.25) is 18.7 Å². The summed E-state index contributed by atoms with van der Waals surface area (Å²) in [5.74, 6) is -0.0207. The van der Waals surface area contributed by atoms with Gasteiger partial charge in [0.1, 0.15) is 5.65 Å². The Hall–Kier alpha value is -2.28. The van der Waals surface area contributed by atoms with Crippen molar-refractivity contribution in [2.75, 3.05) is 6.61 Å². The average Bonchev–Trinajstić information content (AvgIpc) is 2.48. The first kappa shape index (κ1) is 13.7. The number of rotatable bonds is 2. The van der Waals surface area contributed by atoms with Crippen molar-refractivity contribution in [2.24, 2.45) is 7.05 Å². The Morgan fingerprint density at radius 2 is 2.05 bits per heavy atom. The summed E-state index contributed by atoms with van der Waals surface area (Å²) in [7, 11) is 1.53. The SMILES string of the molecule is Cn1c(=O)n(CCO)c(=O)c2c3c(cnc21)C(=O)CCC3. The lowest BCUT2D eigenvalue weighted by molar-refractivity contribution is 0.0972. The fraction of sp³-hybridized carbons (Fsp3) is 0.429. The van der Waals surface area contributed by atoms with Gasteiger partial charge in [0, 0.05) is 25.2 Å². The summed E-state index contributed by atoms with van der Waals surface area (Å²) in [6.07, 6.45) is 3.21. The molecular formula is C14H15N3O4. The molecule has 0 radical (unpaired) electrons. The van der Waals surface area contributed by atoms with E-state index < -0.39 is 11.2 Å². The van der Waals surface area contributed by atoms with Crippen molar-refractivity contribution >= 4 is 16.8 Å². The number of hydrogen-bond donors (Lipinski definition) is 1. The maximum atomic E-state index is 12.6. The lowest BCUT2D eigenvalue weighted by atomic mass is 9.90. The molecule has 0 aromatic carbocycles. The van der Waals surface area contributed by atoms with Crippen molar-refractivity contribution in [2.45, 2.75) is 25.8 Å². The van der Waals surface area contributed by atoms with Gasteiger partial charge >= 0.3 is 5.69 Å². The quantitative estimate of drug-likeness (QED) is 0.812. The molecular weight excluding hydrogens is 274 g/mol. The van der Waals surface area contributed by atoms with Crippen LogP contribution in [0, 0.1) is 0 Å². The molecule has 0 unspecified atom stereocenters. The molecule has 21 heavy (non-hydrogen) atoms. The van der Waals surface area contributed by atoms with Crippen LogP contribution in [0.25, 0.3) is 11.0 Å². The molecule has 2 aromatic rings. The monoisotopic (exact) mass is 289 g/mol. The first-order chi connectivity index (χ1) is 10.1. The van der Waals surface area contributed by atoms with Gasteiger partial charge in [-0.15, -0.1) is 0 Å². The molecule has 0 saturated carbocycles. The summed E-state index contributed by atoms with van der Waals surface area (Å²) in [6, 6.07) is 0. The van der Waals surface area contributed by atoms with Gasteiger partial charge < -0.3 is 5.11 Å². The van der Waals surface area contributed by atoms with Gasteiger partial charge in [-0.05, 0) is 18.4 Å². The molecule has 3 rings (SSSR count). The van der Waals surface area contributed by atoms with Crippen LogP contribution in [0.4, 0.5) is 0 Å². The van der Waals surface area contributed by atoms with E-state index in [2.05, 4.69) is 4.98 Å². The minimum absolute atomic E-state index is 0.0207. The second-order valence-electron chi connectivity index (χ2n) is 5.15. The summed E-state index contributed by atoms with van der Waals surface area (Å²) in [5, 5.41) is 9.35. The van der Waals surface area contributed by atoms with E-state index in [-0.39, 0.29) is 24.6 Å². The zero-order valence-corrected chi connectivity index (χ0v) is 11.6. The van der Waals surface area contributed by atoms with Crippen LogP contribution in [0.5, 0.6) is 0 Å². The van der Waals surface area contributed by atoms with E-state index in [1.54, 1.807) is 0 Å². The molecule has 7 heteroatoms. The minimum Gasteiger partial charge on any atom is -0.395 e. The number of aliphatic hydroxyl groups is 1. The Morgan fingerprint density at radius 3 is 2.76 bits per heavy atom. The largest absolute Gasteiger partial charge is 0.395 e. The number of hydrogen-bond acceptors (Lipinski definition) is 5. The molecule has 7 nitrogen and oxygen atoms in total. The Bertz CT molecular complexity index is 863. The molecule has 2 heterocycles. The van der Waals surface area contributed by atoms with Crippen LogP contribution in [0.3, 0.4) is 0 Å². The van der Waals surface area contributed by atoms with E-state index in [4.69, 9.17) is 5.11 Å². The van der Waals surface area contributed by atoms with Crippen LogP contribution in [0.1, 0.15) is 28.8 Å². The summed E-state index contributed by atoms with van der Waals surface area (Å²) in [4.78, 5) is 40.8. The summed E-state index contributed by atoms with van der Waals surface area (Å²) in [6.45, 7) is -0.374. The van der Waals surface area contributed by atoms with Crippen LogP contribution in [-0.2, 0) is 20.0 Å².